The van der Waals surface area contributed by atoms with Gasteiger partial charge in [0.15, 0.2) is 0 Å². The molecule has 3 atom stereocenters. The van der Waals surface area contributed by atoms with Gasteiger partial charge in [-0.05, 0) is 50.5 Å². The zero-order valence-electron chi connectivity index (χ0n) is 9.34. The van der Waals surface area contributed by atoms with E-state index in [9.17, 15) is 0 Å². The molecule has 0 bridgehead atoms. The summed E-state index contributed by atoms with van der Waals surface area (Å²) in [5, 5.41) is 3.70. The van der Waals surface area contributed by atoms with Gasteiger partial charge in [-0.15, -0.1) is 0 Å². The molecular weight excluding hydrogens is 170 g/mol. The topological polar surface area (TPSA) is 12.0 Å². The molecule has 1 heteroatoms. The van der Waals surface area contributed by atoms with Crippen LogP contribution in [0, 0.1) is 11.8 Å². The monoisotopic (exact) mass is 193 g/mol. The molecule has 0 spiro atoms. The van der Waals surface area contributed by atoms with Crippen LogP contribution in [0.1, 0.15) is 45.4 Å². The van der Waals surface area contributed by atoms with Crippen molar-refractivity contribution in [3.8, 4) is 0 Å². The molecule has 2 aliphatic rings. The lowest BCUT2D eigenvalue weighted by Gasteiger charge is -2.20. The summed E-state index contributed by atoms with van der Waals surface area (Å²) in [5.74, 6) is 1.93. The van der Waals surface area contributed by atoms with Gasteiger partial charge in [0, 0.05) is 6.04 Å². The molecule has 80 valence electrons. The van der Waals surface area contributed by atoms with Gasteiger partial charge in [0.25, 0.3) is 0 Å². The fourth-order valence-electron chi connectivity index (χ4n) is 2.81. The van der Waals surface area contributed by atoms with Crippen LogP contribution in [-0.4, -0.2) is 12.6 Å². The number of allylic oxidation sites excluding steroid dienone is 1. The van der Waals surface area contributed by atoms with Crippen molar-refractivity contribution in [3.05, 3.63) is 12.2 Å². The lowest BCUT2D eigenvalue weighted by molar-refractivity contribution is 0.430. The standard InChI is InChI=1S/C13H23N/c1-11-7-8-12(9-11)10-14-13-5-3-2-4-6-13/h3,5,11-14H,2,4,6-10H2,1H3. The van der Waals surface area contributed by atoms with Crippen LogP contribution in [0.3, 0.4) is 0 Å². The molecule has 2 aliphatic carbocycles. The van der Waals surface area contributed by atoms with Crippen LogP contribution in [0.5, 0.6) is 0 Å². The summed E-state index contributed by atoms with van der Waals surface area (Å²) in [6, 6.07) is 0.680. The van der Waals surface area contributed by atoms with Crippen molar-refractivity contribution in [2.75, 3.05) is 6.54 Å². The average Bonchev–Trinajstić information content (AvgIpc) is 2.63. The number of nitrogens with one attached hydrogen (secondary N) is 1. The fraction of sp³-hybridized carbons (Fsp3) is 0.846. The Hall–Kier alpha value is -0.300. The molecule has 0 aromatic rings. The molecule has 0 amide bonds. The van der Waals surface area contributed by atoms with Crippen molar-refractivity contribution >= 4 is 0 Å². The van der Waals surface area contributed by atoms with Gasteiger partial charge in [0.1, 0.15) is 0 Å². The van der Waals surface area contributed by atoms with Gasteiger partial charge in [-0.2, -0.15) is 0 Å². The summed E-state index contributed by atoms with van der Waals surface area (Å²) in [4.78, 5) is 0. The Bertz CT molecular complexity index is 197. The van der Waals surface area contributed by atoms with E-state index in [1.54, 1.807) is 0 Å². The zero-order valence-corrected chi connectivity index (χ0v) is 9.34. The highest BCUT2D eigenvalue weighted by Gasteiger charge is 2.21. The molecule has 2 rings (SSSR count). The van der Waals surface area contributed by atoms with Crippen LogP contribution < -0.4 is 5.32 Å². The molecule has 3 unspecified atom stereocenters. The summed E-state index contributed by atoms with van der Waals surface area (Å²) in [5.41, 5.74) is 0. The highest BCUT2D eigenvalue weighted by Crippen LogP contribution is 2.29. The fourth-order valence-corrected chi connectivity index (χ4v) is 2.81. The van der Waals surface area contributed by atoms with Crippen LogP contribution in [0.4, 0.5) is 0 Å². The third kappa shape index (κ3) is 2.84. The van der Waals surface area contributed by atoms with Gasteiger partial charge in [0.05, 0.1) is 0 Å². The Labute approximate surface area is 88.0 Å². The third-order valence-corrected chi connectivity index (χ3v) is 3.73. The molecule has 1 saturated carbocycles. The van der Waals surface area contributed by atoms with E-state index in [0.717, 1.165) is 11.8 Å². The molecule has 0 aromatic heterocycles. The smallest absolute Gasteiger partial charge is 0.0250 e. The Morgan fingerprint density at radius 2 is 2.21 bits per heavy atom. The van der Waals surface area contributed by atoms with Gasteiger partial charge >= 0.3 is 0 Å². The molecule has 0 heterocycles. The SMILES string of the molecule is CC1CCC(CNC2C=CCCC2)C1. The van der Waals surface area contributed by atoms with Crippen molar-refractivity contribution in [2.24, 2.45) is 11.8 Å². The summed E-state index contributed by atoms with van der Waals surface area (Å²) < 4.78 is 0. The zero-order chi connectivity index (χ0) is 9.80. The minimum atomic E-state index is 0.680. The first-order valence-corrected chi connectivity index (χ1v) is 6.24. The van der Waals surface area contributed by atoms with Crippen molar-refractivity contribution in [3.63, 3.8) is 0 Å². The van der Waals surface area contributed by atoms with Crippen LogP contribution >= 0.6 is 0 Å². The van der Waals surface area contributed by atoms with Gasteiger partial charge in [-0.1, -0.05) is 25.5 Å². The average molecular weight is 193 g/mol. The van der Waals surface area contributed by atoms with Crippen molar-refractivity contribution in [1.29, 1.82) is 0 Å². The summed E-state index contributed by atoms with van der Waals surface area (Å²) >= 11 is 0. The highest BCUT2D eigenvalue weighted by molar-refractivity contribution is 4.97. The van der Waals surface area contributed by atoms with E-state index < -0.39 is 0 Å². The van der Waals surface area contributed by atoms with Gasteiger partial charge in [-0.25, -0.2) is 0 Å². The van der Waals surface area contributed by atoms with Gasteiger partial charge < -0.3 is 5.32 Å². The minimum absolute atomic E-state index is 0.680. The van der Waals surface area contributed by atoms with E-state index in [0.29, 0.717) is 6.04 Å². The first-order chi connectivity index (χ1) is 6.84. The highest BCUT2D eigenvalue weighted by atomic mass is 14.9. The Morgan fingerprint density at radius 1 is 1.29 bits per heavy atom. The maximum Gasteiger partial charge on any atom is 0.0250 e. The predicted molar refractivity (Wildman–Crippen MR) is 61.3 cm³/mol. The first kappa shape index (κ1) is 10.2. The Morgan fingerprint density at radius 3 is 2.86 bits per heavy atom. The summed E-state index contributed by atoms with van der Waals surface area (Å²) in [6.07, 6.45) is 13.0. The van der Waals surface area contributed by atoms with E-state index in [1.807, 2.05) is 0 Å². The van der Waals surface area contributed by atoms with Crippen LogP contribution in [0.25, 0.3) is 0 Å². The second-order valence-electron chi connectivity index (χ2n) is 5.16. The van der Waals surface area contributed by atoms with Gasteiger partial charge in [0.2, 0.25) is 0 Å². The molecule has 1 N–H and O–H groups in total. The summed E-state index contributed by atoms with van der Waals surface area (Å²) in [6.45, 7) is 3.64. The molecule has 0 radical (unpaired) electrons. The molecule has 1 nitrogen and oxygen atoms in total. The van der Waals surface area contributed by atoms with Crippen molar-refractivity contribution in [1.82, 2.24) is 5.32 Å². The maximum atomic E-state index is 3.70. The minimum Gasteiger partial charge on any atom is -0.310 e. The maximum absolute atomic E-state index is 3.70. The molecule has 0 saturated heterocycles. The van der Waals surface area contributed by atoms with E-state index in [-0.39, 0.29) is 0 Å². The molecular formula is C13H23N. The lowest BCUT2D eigenvalue weighted by atomic mass is 10.0. The van der Waals surface area contributed by atoms with Crippen LogP contribution in [0.2, 0.25) is 0 Å². The van der Waals surface area contributed by atoms with Crippen LogP contribution in [0.15, 0.2) is 12.2 Å². The quantitative estimate of drug-likeness (QED) is 0.679. The lowest BCUT2D eigenvalue weighted by Crippen LogP contribution is -2.32. The summed E-state index contributed by atoms with van der Waals surface area (Å²) in [7, 11) is 0. The number of hydrogen-bond acceptors (Lipinski definition) is 1. The normalized spacial score (nSPS) is 37.6. The molecule has 0 aliphatic heterocycles. The predicted octanol–water partition coefficient (Wildman–Crippen LogP) is 3.12. The largest absolute Gasteiger partial charge is 0.310 e. The van der Waals surface area contributed by atoms with Crippen molar-refractivity contribution in [2.45, 2.75) is 51.5 Å². The third-order valence-electron chi connectivity index (χ3n) is 3.73. The van der Waals surface area contributed by atoms with E-state index in [1.165, 1.54) is 45.1 Å². The van der Waals surface area contributed by atoms with E-state index in [4.69, 9.17) is 0 Å². The Balaban J connectivity index is 1.66. The van der Waals surface area contributed by atoms with Crippen molar-refractivity contribution < 1.29 is 0 Å². The molecule has 0 aromatic carbocycles. The Kier molecular flexibility index (Phi) is 3.63. The second kappa shape index (κ2) is 4.97. The molecule has 1 fully saturated rings. The van der Waals surface area contributed by atoms with Crippen LogP contribution in [-0.2, 0) is 0 Å². The van der Waals surface area contributed by atoms with E-state index >= 15 is 0 Å². The number of rotatable bonds is 3. The van der Waals surface area contributed by atoms with E-state index in [2.05, 4.69) is 24.4 Å². The molecule has 14 heavy (non-hydrogen) atoms. The second-order valence-corrected chi connectivity index (χ2v) is 5.16. The van der Waals surface area contributed by atoms with Gasteiger partial charge in [-0.3, -0.25) is 0 Å². The number of hydrogen-bond donors (Lipinski definition) is 1. The first-order valence-electron chi connectivity index (χ1n) is 6.24.